The van der Waals surface area contributed by atoms with Crippen LogP contribution in [-0.4, -0.2) is 54.3 Å². The van der Waals surface area contributed by atoms with Gasteiger partial charge >= 0.3 is 0 Å². The fourth-order valence-electron chi connectivity index (χ4n) is 4.43. The van der Waals surface area contributed by atoms with Crippen molar-refractivity contribution in [1.29, 1.82) is 0 Å². The van der Waals surface area contributed by atoms with Crippen LogP contribution in [0.5, 0.6) is 0 Å². The summed E-state index contributed by atoms with van der Waals surface area (Å²) in [6, 6.07) is 8.38. The lowest BCUT2D eigenvalue weighted by molar-refractivity contribution is 0.0992. The fourth-order valence-corrected chi connectivity index (χ4v) is 5.92. The van der Waals surface area contributed by atoms with Gasteiger partial charge in [-0.1, -0.05) is 23.8 Å². The monoisotopic (exact) mass is 402 g/mol. The summed E-state index contributed by atoms with van der Waals surface area (Å²) in [5.41, 5.74) is 9.59. The number of nitrogens with two attached hydrogens (primary N) is 1. The third-order valence-corrected chi connectivity index (χ3v) is 7.79. The highest BCUT2D eigenvalue weighted by molar-refractivity contribution is 7.89. The highest BCUT2D eigenvalue weighted by Gasteiger charge is 2.34. The summed E-state index contributed by atoms with van der Waals surface area (Å²) in [5, 5.41) is 0. The number of carbonyl (C=O) groups is 1. The Hall–Kier alpha value is -2.16. The number of carbonyl (C=O) groups excluding carboxylic acids is 1. The van der Waals surface area contributed by atoms with E-state index in [9.17, 15) is 13.2 Å². The summed E-state index contributed by atoms with van der Waals surface area (Å²) >= 11 is 0. The second-order valence-corrected chi connectivity index (χ2v) is 9.67. The van der Waals surface area contributed by atoms with Crippen molar-refractivity contribution in [2.45, 2.75) is 30.7 Å². The minimum absolute atomic E-state index is 0.124. The van der Waals surface area contributed by atoms with Crippen LogP contribution < -0.4 is 5.73 Å². The number of aromatic nitrogens is 1. The topological polar surface area (TPSA) is 88.6 Å². The van der Waals surface area contributed by atoms with Gasteiger partial charge in [-0.05, 0) is 37.0 Å². The van der Waals surface area contributed by atoms with Gasteiger partial charge in [0.2, 0.25) is 10.0 Å². The molecule has 2 heterocycles. The molecular weight excluding hydrogens is 376 g/mol. The van der Waals surface area contributed by atoms with Crippen LogP contribution in [0.2, 0.25) is 0 Å². The number of nitrogens with zero attached hydrogens (tertiary/aromatic N) is 3. The zero-order valence-corrected chi connectivity index (χ0v) is 17.1. The lowest BCUT2D eigenvalue weighted by atomic mass is 10.0. The molecule has 0 radical (unpaired) electrons. The second-order valence-electron chi connectivity index (χ2n) is 7.73. The Labute approximate surface area is 165 Å². The van der Waals surface area contributed by atoms with Crippen LogP contribution in [0, 0.1) is 6.92 Å². The van der Waals surface area contributed by atoms with E-state index in [1.807, 2.05) is 0 Å². The minimum Gasteiger partial charge on any atom is -0.364 e. The maximum absolute atomic E-state index is 13.0. The average molecular weight is 403 g/mol. The van der Waals surface area contributed by atoms with E-state index in [0.29, 0.717) is 32.2 Å². The number of sulfonamides is 1. The van der Waals surface area contributed by atoms with Gasteiger partial charge in [0.15, 0.2) is 0 Å². The van der Waals surface area contributed by atoms with Crippen LogP contribution in [0.25, 0.3) is 0 Å². The summed E-state index contributed by atoms with van der Waals surface area (Å²) in [7, 11) is -2.01. The van der Waals surface area contributed by atoms with Crippen molar-refractivity contribution in [2.24, 2.45) is 12.8 Å². The molecule has 1 fully saturated rings. The third-order valence-electron chi connectivity index (χ3n) is 5.93. The van der Waals surface area contributed by atoms with Crippen LogP contribution in [0.15, 0.2) is 35.4 Å². The fraction of sp³-hybridized carbons (Fsp3) is 0.450. The van der Waals surface area contributed by atoms with Gasteiger partial charge in [-0.3, -0.25) is 9.69 Å². The molecular formula is C20H26N4O3S. The van der Waals surface area contributed by atoms with Crippen molar-refractivity contribution in [2.75, 3.05) is 26.2 Å². The minimum atomic E-state index is -3.63. The molecule has 8 heteroatoms. The average Bonchev–Trinajstić information content (AvgIpc) is 3.25. The molecule has 7 nitrogen and oxygen atoms in total. The van der Waals surface area contributed by atoms with Crippen molar-refractivity contribution < 1.29 is 13.2 Å². The molecule has 0 saturated carbocycles. The Morgan fingerprint density at radius 1 is 1.14 bits per heavy atom. The summed E-state index contributed by atoms with van der Waals surface area (Å²) in [4.78, 5) is 14.0. The van der Waals surface area contributed by atoms with Crippen LogP contribution >= 0.6 is 0 Å². The number of hydrogen-bond acceptors (Lipinski definition) is 4. The van der Waals surface area contributed by atoms with Gasteiger partial charge in [-0.25, -0.2) is 8.42 Å². The quantitative estimate of drug-likeness (QED) is 0.838. The first-order valence-corrected chi connectivity index (χ1v) is 11.0. The molecule has 1 aliphatic heterocycles. The molecule has 2 aliphatic rings. The summed E-state index contributed by atoms with van der Waals surface area (Å²) < 4.78 is 28.9. The van der Waals surface area contributed by atoms with Gasteiger partial charge in [-0.15, -0.1) is 0 Å². The highest BCUT2D eigenvalue weighted by atomic mass is 32.2. The molecule has 1 saturated heterocycles. The molecule has 2 N–H and O–H groups in total. The van der Waals surface area contributed by atoms with Crippen molar-refractivity contribution in [3.63, 3.8) is 0 Å². The Morgan fingerprint density at radius 3 is 2.50 bits per heavy atom. The lowest BCUT2D eigenvalue weighted by Crippen LogP contribution is -2.49. The van der Waals surface area contributed by atoms with E-state index in [2.05, 4.69) is 30.0 Å². The molecule has 28 heavy (non-hydrogen) atoms. The molecule has 2 aromatic rings. The predicted octanol–water partition coefficient (Wildman–Crippen LogP) is 1.43. The number of amides is 1. The van der Waals surface area contributed by atoms with E-state index in [4.69, 9.17) is 5.73 Å². The van der Waals surface area contributed by atoms with Crippen molar-refractivity contribution >= 4 is 15.9 Å². The van der Waals surface area contributed by atoms with E-state index >= 15 is 0 Å². The first kappa shape index (κ1) is 19.2. The predicted molar refractivity (Wildman–Crippen MR) is 107 cm³/mol. The largest absolute Gasteiger partial charge is 0.364 e. The Balaban J connectivity index is 1.47. The number of benzene rings is 1. The smallest absolute Gasteiger partial charge is 0.265 e. The molecule has 0 bridgehead atoms. The van der Waals surface area contributed by atoms with E-state index < -0.39 is 15.9 Å². The Kier molecular flexibility index (Phi) is 4.81. The zero-order valence-electron chi connectivity index (χ0n) is 16.3. The van der Waals surface area contributed by atoms with E-state index in [-0.39, 0.29) is 10.6 Å². The zero-order chi connectivity index (χ0) is 20.1. The number of piperazine rings is 1. The number of fused-ring (bicyclic) bond motifs is 1. The van der Waals surface area contributed by atoms with Crippen LogP contribution in [-0.2, 0) is 23.5 Å². The number of hydrogen-bond donors (Lipinski definition) is 1. The van der Waals surface area contributed by atoms with Crippen molar-refractivity contribution in [1.82, 2.24) is 13.8 Å². The van der Waals surface area contributed by atoms with E-state index in [1.165, 1.54) is 37.8 Å². The summed E-state index contributed by atoms with van der Waals surface area (Å²) in [6.45, 7) is 4.41. The first-order valence-electron chi connectivity index (χ1n) is 9.57. The number of rotatable bonds is 4. The van der Waals surface area contributed by atoms with Gasteiger partial charge in [-0.2, -0.15) is 4.31 Å². The molecule has 1 aliphatic carbocycles. The van der Waals surface area contributed by atoms with Gasteiger partial charge in [0.25, 0.3) is 5.91 Å². The van der Waals surface area contributed by atoms with Crippen LogP contribution in [0.3, 0.4) is 0 Å². The van der Waals surface area contributed by atoms with Crippen LogP contribution in [0.4, 0.5) is 0 Å². The van der Waals surface area contributed by atoms with E-state index in [0.717, 1.165) is 12.8 Å². The number of primary amides is 1. The van der Waals surface area contributed by atoms with Gasteiger partial charge in [0, 0.05) is 45.5 Å². The standard InChI is InChI=1S/C20H26N4O3S/c1-14-3-5-17-15(11-14)4-6-18(17)23-7-9-24(10-8-23)28(26,27)16-12-19(20(21)25)22(2)13-16/h3,5,11-13,18H,4,6-10H2,1-2H3,(H2,21,25). The maximum atomic E-state index is 13.0. The molecule has 1 atom stereocenters. The second kappa shape index (κ2) is 7.02. The molecule has 1 aromatic carbocycles. The molecule has 0 spiro atoms. The van der Waals surface area contributed by atoms with Gasteiger partial charge in [0.1, 0.15) is 10.6 Å². The molecule has 150 valence electrons. The summed E-state index contributed by atoms with van der Waals surface area (Å²) in [5.74, 6) is -0.635. The normalized spacial score (nSPS) is 21.0. The molecule has 1 aromatic heterocycles. The molecule has 1 amide bonds. The summed E-state index contributed by atoms with van der Waals surface area (Å²) in [6.07, 6.45) is 3.63. The van der Waals surface area contributed by atoms with Gasteiger partial charge < -0.3 is 10.3 Å². The first-order chi connectivity index (χ1) is 13.3. The molecule has 1 unspecified atom stereocenters. The van der Waals surface area contributed by atoms with Crippen LogP contribution in [0.1, 0.15) is 39.6 Å². The van der Waals surface area contributed by atoms with E-state index in [1.54, 1.807) is 7.05 Å². The van der Waals surface area contributed by atoms with Crippen molar-refractivity contribution in [3.8, 4) is 0 Å². The maximum Gasteiger partial charge on any atom is 0.265 e. The third kappa shape index (κ3) is 3.25. The van der Waals surface area contributed by atoms with Gasteiger partial charge in [0.05, 0.1) is 0 Å². The highest BCUT2D eigenvalue weighted by Crippen LogP contribution is 2.37. The SMILES string of the molecule is Cc1ccc2c(c1)CCC2N1CCN(S(=O)(=O)c2cc(C(N)=O)n(C)c2)CC1. The number of aryl methyl sites for hydroxylation is 3. The Bertz CT molecular complexity index is 1020. The van der Waals surface area contributed by atoms with Crippen molar-refractivity contribution in [3.05, 3.63) is 52.8 Å². The molecule has 4 rings (SSSR count). The Morgan fingerprint density at radius 2 is 1.86 bits per heavy atom. The lowest BCUT2D eigenvalue weighted by Gasteiger charge is -2.37.